The van der Waals surface area contributed by atoms with Crippen molar-refractivity contribution in [2.24, 2.45) is 0 Å². The number of carbonyl (C=O) groups excluding carboxylic acids is 1. The maximum Gasteiger partial charge on any atom is 0.219 e. The van der Waals surface area contributed by atoms with Crippen LogP contribution in [-0.2, 0) is 20.4 Å². The third-order valence-corrected chi connectivity index (χ3v) is 5.68. The lowest BCUT2D eigenvalue weighted by Gasteiger charge is -2.22. The first-order chi connectivity index (χ1) is 9.23. The van der Waals surface area contributed by atoms with Crippen LogP contribution in [-0.4, -0.2) is 59.9 Å². The monoisotopic (exact) mass is 352 g/mol. The molecule has 111 valence electrons. The lowest BCUT2D eigenvalue weighted by Crippen LogP contribution is -2.37. The van der Waals surface area contributed by atoms with Crippen LogP contribution in [0.5, 0.6) is 0 Å². The van der Waals surface area contributed by atoms with Crippen LogP contribution in [0.25, 0.3) is 0 Å². The van der Waals surface area contributed by atoms with Crippen molar-refractivity contribution >= 4 is 56.4 Å². The van der Waals surface area contributed by atoms with Crippen LogP contribution in [0.1, 0.15) is 11.9 Å². The number of thiocarbonyl (C=S) groups is 1. The normalized spacial score (nSPS) is 12.9. The van der Waals surface area contributed by atoms with Gasteiger partial charge in [-0.25, -0.2) is 8.42 Å². The van der Waals surface area contributed by atoms with Crippen molar-refractivity contribution in [2.75, 3.05) is 19.1 Å². The summed E-state index contributed by atoms with van der Waals surface area (Å²) in [6, 6.07) is -0.297. The Labute approximate surface area is 131 Å². The Kier molecular flexibility index (Phi) is 6.49. The van der Waals surface area contributed by atoms with Gasteiger partial charge in [-0.2, -0.15) is 0 Å². The molecule has 1 radical (unpaired) electrons. The van der Waals surface area contributed by atoms with Crippen molar-refractivity contribution < 1.29 is 13.2 Å². The summed E-state index contributed by atoms with van der Waals surface area (Å²) in [5.41, 5.74) is 0. The second-order valence-electron chi connectivity index (χ2n) is 4.11. The number of hydrogen-bond donors (Lipinski definition) is 0. The van der Waals surface area contributed by atoms with E-state index in [1.165, 1.54) is 34.9 Å². The van der Waals surface area contributed by atoms with Crippen LogP contribution >= 0.6 is 35.3 Å². The van der Waals surface area contributed by atoms with E-state index in [-0.39, 0.29) is 17.7 Å². The minimum absolute atomic E-state index is 0.0945. The number of hydrogen-bond acceptors (Lipinski definition) is 8. The second kappa shape index (κ2) is 7.43. The summed E-state index contributed by atoms with van der Waals surface area (Å²) in [6.45, 7) is 1.46. The molecule has 0 fully saturated rings. The standard InChI is InChI=1S/C10H14N3O3S4/c1-7(14)13(2)8(4-17)5-18-10-12-11-9(19-10)6-20(3,15)16/h8H,5-6H2,1-3H3. The number of sulfone groups is 1. The molecule has 1 rings (SSSR count). The Morgan fingerprint density at radius 1 is 1.55 bits per heavy atom. The van der Waals surface area contributed by atoms with Crippen LogP contribution in [0.4, 0.5) is 0 Å². The zero-order valence-electron chi connectivity index (χ0n) is 11.2. The number of carbonyl (C=O) groups is 1. The molecule has 1 amide bonds. The average Bonchev–Trinajstić information content (AvgIpc) is 2.74. The van der Waals surface area contributed by atoms with Crippen molar-refractivity contribution in [1.29, 1.82) is 0 Å². The molecule has 10 heteroatoms. The molecule has 0 bridgehead atoms. The van der Waals surface area contributed by atoms with Gasteiger partial charge in [-0.1, -0.05) is 35.3 Å². The summed E-state index contributed by atoms with van der Waals surface area (Å²) in [5, 5.41) is 10.8. The molecule has 0 aromatic carbocycles. The van der Waals surface area contributed by atoms with E-state index >= 15 is 0 Å². The first kappa shape index (κ1) is 17.5. The number of thioether (sulfide) groups is 1. The van der Waals surface area contributed by atoms with E-state index in [1.54, 1.807) is 7.05 Å². The van der Waals surface area contributed by atoms with E-state index in [2.05, 4.69) is 15.6 Å². The predicted molar refractivity (Wildman–Crippen MR) is 84.0 cm³/mol. The van der Waals surface area contributed by atoms with Gasteiger partial charge in [-0.15, -0.1) is 10.2 Å². The van der Waals surface area contributed by atoms with E-state index in [0.29, 0.717) is 15.1 Å². The number of nitrogens with zero attached hydrogens (tertiary/aromatic N) is 3. The number of rotatable bonds is 7. The van der Waals surface area contributed by atoms with Crippen molar-refractivity contribution in [3.8, 4) is 0 Å². The fourth-order valence-corrected chi connectivity index (χ4v) is 4.70. The highest BCUT2D eigenvalue weighted by Gasteiger charge is 2.17. The van der Waals surface area contributed by atoms with Gasteiger partial charge in [0.15, 0.2) is 14.2 Å². The SMILES string of the molecule is CC(=O)N(C)C([C]=S)CSc1nnc(CS(C)(=O)=O)s1. The van der Waals surface area contributed by atoms with Crippen LogP contribution in [0, 0.1) is 0 Å². The molecular weight excluding hydrogens is 338 g/mol. The summed E-state index contributed by atoms with van der Waals surface area (Å²) in [7, 11) is -1.45. The largest absolute Gasteiger partial charge is 0.337 e. The Morgan fingerprint density at radius 3 is 2.70 bits per heavy atom. The smallest absolute Gasteiger partial charge is 0.219 e. The van der Waals surface area contributed by atoms with E-state index < -0.39 is 9.84 Å². The summed E-state index contributed by atoms with van der Waals surface area (Å²) >= 11 is 7.39. The third kappa shape index (κ3) is 5.81. The lowest BCUT2D eigenvalue weighted by atomic mass is 10.3. The molecule has 0 N–H and O–H groups in total. The summed E-state index contributed by atoms with van der Waals surface area (Å²) in [6.07, 6.45) is 1.15. The molecule has 1 aromatic heterocycles. The highest BCUT2D eigenvalue weighted by molar-refractivity contribution is 8.01. The molecule has 1 aromatic rings. The fourth-order valence-electron chi connectivity index (χ4n) is 1.17. The van der Waals surface area contributed by atoms with E-state index in [0.717, 1.165) is 6.26 Å². The molecule has 1 unspecified atom stereocenters. The molecule has 0 saturated carbocycles. The highest BCUT2D eigenvalue weighted by Crippen LogP contribution is 2.24. The first-order valence-corrected chi connectivity index (χ1v) is 9.74. The minimum Gasteiger partial charge on any atom is -0.337 e. The van der Waals surface area contributed by atoms with Gasteiger partial charge in [0.25, 0.3) is 0 Å². The molecule has 0 aliphatic rings. The molecule has 0 saturated heterocycles. The molecular formula is C10H14N3O3S4. The Balaban J connectivity index is 2.61. The topological polar surface area (TPSA) is 80.2 Å². The average molecular weight is 353 g/mol. The van der Waals surface area contributed by atoms with Crippen molar-refractivity contribution in [2.45, 2.75) is 23.1 Å². The van der Waals surface area contributed by atoms with Crippen LogP contribution in [0.2, 0.25) is 0 Å². The van der Waals surface area contributed by atoms with Crippen LogP contribution in [0.3, 0.4) is 0 Å². The highest BCUT2D eigenvalue weighted by atomic mass is 32.2. The molecule has 0 aliphatic carbocycles. The molecule has 1 atom stereocenters. The van der Waals surface area contributed by atoms with Gasteiger partial charge >= 0.3 is 0 Å². The van der Waals surface area contributed by atoms with Gasteiger partial charge in [-0.05, 0) is 0 Å². The van der Waals surface area contributed by atoms with Crippen LogP contribution in [0.15, 0.2) is 4.34 Å². The van der Waals surface area contributed by atoms with E-state index in [1.807, 2.05) is 0 Å². The molecule has 20 heavy (non-hydrogen) atoms. The van der Waals surface area contributed by atoms with Crippen molar-refractivity contribution in [1.82, 2.24) is 15.1 Å². The molecule has 0 spiro atoms. The van der Waals surface area contributed by atoms with Crippen molar-refractivity contribution in [3.63, 3.8) is 0 Å². The fraction of sp³-hybridized carbons (Fsp3) is 0.600. The zero-order valence-corrected chi connectivity index (χ0v) is 14.5. The van der Waals surface area contributed by atoms with Gasteiger partial charge < -0.3 is 4.90 Å². The van der Waals surface area contributed by atoms with Crippen LogP contribution < -0.4 is 0 Å². The molecule has 6 nitrogen and oxygen atoms in total. The second-order valence-corrected chi connectivity index (χ2v) is 8.81. The summed E-state index contributed by atoms with van der Waals surface area (Å²) in [5.74, 6) is 0.303. The summed E-state index contributed by atoms with van der Waals surface area (Å²) in [4.78, 5) is 12.8. The maximum atomic E-state index is 11.3. The minimum atomic E-state index is -3.11. The third-order valence-electron chi connectivity index (χ3n) is 2.30. The Hall–Kier alpha value is -0.580. The van der Waals surface area contributed by atoms with Gasteiger partial charge in [0.2, 0.25) is 5.91 Å². The Bertz CT molecular complexity index is 584. The lowest BCUT2D eigenvalue weighted by molar-refractivity contribution is -0.128. The predicted octanol–water partition coefficient (Wildman–Crippen LogP) is 0.898. The number of amides is 1. The van der Waals surface area contributed by atoms with E-state index in [9.17, 15) is 13.2 Å². The molecule has 1 heterocycles. The Morgan fingerprint density at radius 2 is 2.20 bits per heavy atom. The quantitative estimate of drug-likeness (QED) is 0.533. The zero-order chi connectivity index (χ0) is 15.3. The summed E-state index contributed by atoms with van der Waals surface area (Å²) < 4.78 is 23.0. The molecule has 0 aliphatic heterocycles. The van der Waals surface area contributed by atoms with Crippen molar-refractivity contribution in [3.05, 3.63) is 5.01 Å². The maximum absolute atomic E-state index is 11.3. The van der Waals surface area contributed by atoms with E-state index in [4.69, 9.17) is 12.2 Å². The van der Waals surface area contributed by atoms with Gasteiger partial charge in [0.1, 0.15) is 10.8 Å². The van der Waals surface area contributed by atoms with Gasteiger partial charge in [-0.3, -0.25) is 4.79 Å². The number of aromatic nitrogens is 2. The van der Waals surface area contributed by atoms with Gasteiger partial charge in [0, 0.05) is 26.0 Å². The van der Waals surface area contributed by atoms with Gasteiger partial charge in [0.05, 0.1) is 11.4 Å². The first-order valence-electron chi connectivity index (χ1n) is 5.47.